The molecule has 10 heteroatoms. The number of rotatable bonds is 11. The average molecular weight is 481 g/mol. The zero-order valence-electron chi connectivity index (χ0n) is 19.8. The first-order valence-corrected chi connectivity index (χ1v) is 11.0. The Hall–Kier alpha value is -3.43. The fourth-order valence-corrected chi connectivity index (χ4v) is 3.49. The van der Waals surface area contributed by atoms with Crippen LogP contribution in [0.5, 0.6) is 17.2 Å². The third-order valence-electron chi connectivity index (χ3n) is 5.46. The molecule has 1 aromatic carbocycles. The summed E-state index contributed by atoms with van der Waals surface area (Å²) in [6.07, 6.45) is 0.965. The molecule has 0 aliphatic rings. The van der Waals surface area contributed by atoms with Gasteiger partial charge in [-0.15, -0.1) is 0 Å². The van der Waals surface area contributed by atoms with Crippen LogP contribution in [0.4, 0.5) is 8.78 Å². The Bertz CT molecular complexity index is 999. The molecule has 0 fully saturated rings. The van der Waals surface area contributed by atoms with E-state index in [1.54, 1.807) is 6.92 Å². The number of halogens is 2. The van der Waals surface area contributed by atoms with Gasteiger partial charge in [0, 0.05) is 18.3 Å². The Morgan fingerprint density at radius 1 is 1.12 bits per heavy atom. The zero-order valence-corrected chi connectivity index (χ0v) is 19.8. The molecule has 0 unspecified atom stereocenters. The van der Waals surface area contributed by atoms with E-state index >= 15 is 0 Å². The maximum Gasteiger partial charge on any atom is 0.328 e. The van der Waals surface area contributed by atoms with Crippen LogP contribution in [-0.2, 0) is 9.53 Å². The molecule has 3 atom stereocenters. The van der Waals surface area contributed by atoms with Gasteiger partial charge in [0.2, 0.25) is 0 Å². The van der Waals surface area contributed by atoms with Gasteiger partial charge in [-0.1, -0.05) is 13.8 Å². The van der Waals surface area contributed by atoms with Gasteiger partial charge in [0.25, 0.3) is 5.91 Å². The SMILES string of the molecule is CCC(CC)[C@H](Oc1cc(F)ccc1F)[C@H](C)OC(=O)[C@H](C)NC(=O)c1nccc(OC)c1O. The molecule has 0 saturated carbocycles. The van der Waals surface area contributed by atoms with Gasteiger partial charge in [-0.05, 0) is 44.7 Å². The highest BCUT2D eigenvalue weighted by Crippen LogP contribution is 2.28. The summed E-state index contributed by atoms with van der Waals surface area (Å²) in [6, 6.07) is 3.17. The lowest BCUT2D eigenvalue weighted by molar-refractivity contribution is -0.156. The molecule has 0 aliphatic heterocycles. The summed E-state index contributed by atoms with van der Waals surface area (Å²) in [5.74, 6) is -3.77. The number of methoxy groups -OCH3 is 1. The van der Waals surface area contributed by atoms with Crippen molar-refractivity contribution >= 4 is 11.9 Å². The third-order valence-corrected chi connectivity index (χ3v) is 5.46. The van der Waals surface area contributed by atoms with E-state index in [0.717, 1.165) is 18.2 Å². The van der Waals surface area contributed by atoms with Crippen molar-refractivity contribution in [3.8, 4) is 17.2 Å². The van der Waals surface area contributed by atoms with E-state index in [4.69, 9.17) is 14.2 Å². The molecule has 1 amide bonds. The number of benzene rings is 1. The van der Waals surface area contributed by atoms with Gasteiger partial charge in [0.1, 0.15) is 24.1 Å². The maximum absolute atomic E-state index is 14.2. The monoisotopic (exact) mass is 480 g/mol. The number of pyridine rings is 1. The lowest BCUT2D eigenvalue weighted by atomic mass is 9.93. The number of carbonyl (C=O) groups excluding carboxylic acids is 2. The highest BCUT2D eigenvalue weighted by Gasteiger charge is 2.32. The minimum absolute atomic E-state index is 0.0544. The highest BCUT2D eigenvalue weighted by molar-refractivity contribution is 5.97. The van der Waals surface area contributed by atoms with Gasteiger partial charge in [-0.25, -0.2) is 18.6 Å². The number of amides is 1. The van der Waals surface area contributed by atoms with Crippen molar-refractivity contribution in [3.05, 3.63) is 47.8 Å². The molecule has 2 N–H and O–H groups in total. The van der Waals surface area contributed by atoms with Crippen molar-refractivity contribution in [1.82, 2.24) is 10.3 Å². The lowest BCUT2D eigenvalue weighted by Gasteiger charge is -2.31. The van der Waals surface area contributed by atoms with Crippen molar-refractivity contribution in [2.45, 2.75) is 58.8 Å². The van der Waals surface area contributed by atoms with Crippen LogP contribution in [0.15, 0.2) is 30.5 Å². The number of nitrogens with one attached hydrogen (secondary N) is 1. The van der Waals surface area contributed by atoms with E-state index in [2.05, 4.69) is 10.3 Å². The summed E-state index contributed by atoms with van der Waals surface area (Å²) < 4.78 is 44.0. The van der Waals surface area contributed by atoms with E-state index < -0.39 is 47.5 Å². The number of hydrogen-bond acceptors (Lipinski definition) is 7. The number of carbonyl (C=O) groups is 2. The van der Waals surface area contributed by atoms with Crippen LogP contribution in [-0.4, -0.2) is 47.3 Å². The van der Waals surface area contributed by atoms with Crippen LogP contribution in [0.1, 0.15) is 51.0 Å². The topological polar surface area (TPSA) is 107 Å². The van der Waals surface area contributed by atoms with E-state index in [1.165, 1.54) is 26.3 Å². The van der Waals surface area contributed by atoms with Gasteiger partial charge in [-0.3, -0.25) is 4.79 Å². The molecule has 0 radical (unpaired) electrons. The predicted octanol–water partition coefficient (Wildman–Crippen LogP) is 4.01. The maximum atomic E-state index is 14.2. The first-order chi connectivity index (χ1) is 16.1. The van der Waals surface area contributed by atoms with E-state index in [0.29, 0.717) is 12.8 Å². The molecule has 1 heterocycles. The smallest absolute Gasteiger partial charge is 0.328 e. The molecule has 8 nitrogen and oxygen atoms in total. The van der Waals surface area contributed by atoms with E-state index in [9.17, 15) is 23.5 Å². The first kappa shape index (κ1) is 26.8. The standard InChI is InChI=1S/C24H30F2N2O6/c1-6-15(7-2)22(34-19-12-16(25)8-9-17(19)26)14(4)33-24(31)13(3)28-23(30)20-21(29)18(32-5)10-11-27-20/h8-15,22,29H,6-7H2,1-5H3,(H,28,30)/t13-,14-,22+/m0/s1. The predicted molar refractivity (Wildman–Crippen MR) is 120 cm³/mol. The van der Waals surface area contributed by atoms with E-state index in [-0.39, 0.29) is 23.1 Å². The second-order valence-corrected chi connectivity index (χ2v) is 7.78. The van der Waals surface area contributed by atoms with Crippen LogP contribution < -0.4 is 14.8 Å². The number of hydrogen-bond donors (Lipinski definition) is 2. The average Bonchev–Trinajstić information content (AvgIpc) is 2.81. The molecule has 2 aromatic rings. The molecule has 0 bridgehead atoms. The van der Waals surface area contributed by atoms with Crippen LogP contribution in [0, 0.1) is 17.6 Å². The minimum Gasteiger partial charge on any atom is -0.503 e. The summed E-state index contributed by atoms with van der Waals surface area (Å²) in [5.41, 5.74) is -0.313. The van der Waals surface area contributed by atoms with Gasteiger partial charge in [0.05, 0.1) is 7.11 Å². The van der Waals surface area contributed by atoms with Gasteiger partial charge in [-0.2, -0.15) is 0 Å². The van der Waals surface area contributed by atoms with E-state index in [1.807, 2.05) is 13.8 Å². The van der Waals surface area contributed by atoms with Crippen molar-refractivity contribution in [3.63, 3.8) is 0 Å². The Morgan fingerprint density at radius 2 is 1.79 bits per heavy atom. The summed E-state index contributed by atoms with van der Waals surface area (Å²) in [7, 11) is 1.33. The Labute approximate surface area is 197 Å². The molecule has 2 rings (SSSR count). The number of esters is 1. The molecule has 0 aliphatic carbocycles. The second kappa shape index (κ2) is 12.2. The van der Waals surface area contributed by atoms with Crippen molar-refractivity contribution < 1.29 is 37.7 Å². The lowest BCUT2D eigenvalue weighted by Crippen LogP contribution is -2.45. The van der Waals surface area contributed by atoms with Crippen LogP contribution >= 0.6 is 0 Å². The number of aromatic nitrogens is 1. The third kappa shape index (κ3) is 6.55. The van der Waals surface area contributed by atoms with Crippen LogP contribution in [0.2, 0.25) is 0 Å². The van der Waals surface area contributed by atoms with Crippen LogP contribution in [0.25, 0.3) is 0 Å². The quantitative estimate of drug-likeness (QED) is 0.468. The summed E-state index contributed by atoms with van der Waals surface area (Å²) in [6.45, 7) is 6.82. The largest absolute Gasteiger partial charge is 0.503 e. The number of ether oxygens (including phenoxy) is 3. The summed E-state index contributed by atoms with van der Waals surface area (Å²) in [4.78, 5) is 29.0. The van der Waals surface area contributed by atoms with Gasteiger partial charge >= 0.3 is 5.97 Å². The molecular weight excluding hydrogens is 450 g/mol. The molecule has 1 aromatic heterocycles. The number of nitrogens with zero attached hydrogens (tertiary/aromatic N) is 1. The van der Waals surface area contributed by atoms with Crippen molar-refractivity contribution in [2.75, 3.05) is 7.11 Å². The normalized spacial score (nSPS) is 13.6. The van der Waals surface area contributed by atoms with Crippen molar-refractivity contribution in [1.29, 1.82) is 0 Å². The highest BCUT2D eigenvalue weighted by atomic mass is 19.1. The number of aromatic hydroxyl groups is 1. The molecule has 0 saturated heterocycles. The van der Waals surface area contributed by atoms with Crippen LogP contribution in [0.3, 0.4) is 0 Å². The Balaban J connectivity index is 2.13. The fraction of sp³-hybridized carbons (Fsp3) is 0.458. The second-order valence-electron chi connectivity index (χ2n) is 7.78. The summed E-state index contributed by atoms with van der Waals surface area (Å²) in [5, 5.41) is 12.5. The Morgan fingerprint density at radius 3 is 2.41 bits per heavy atom. The molecule has 34 heavy (non-hydrogen) atoms. The Kier molecular flexibility index (Phi) is 9.58. The van der Waals surface area contributed by atoms with Gasteiger partial charge in [0.15, 0.2) is 28.8 Å². The van der Waals surface area contributed by atoms with Crippen molar-refractivity contribution in [2.24, 2.45) is 5.92 Å². The molecule has 186 valence electrons. The minimum atomic E-state index is -1.10. The van der Waals surface area contributed by atoms with Gasteiger partial charge < -0.3 is 24.6 Å². The molecular formula is C24H30F2N2O6. The first-order valence-electron chi connectivity index (χ1n) is 11.0. The summed E-state index contributed by atoms with van der Waals surface area (Å²) >= 11 is 0. The fourth-order valence-electron chi connectivity index (χ4n) is 3.49. The zero-order chi connectivity index (χ0) is 25.4. The molecule has 0 spiro atoms.